The Hall–Kier alpha value is -2.68. The molecule has 43 heavy (non-hydrogen) atoms. The zero-order valence-corrected chi connectivity index (χ0v) is 26.6. The number of hydrogen-bond donors (Lipinski definition) is 1. The molecule has 2 atom stereocenters. The fourth-order valence-electron chi connectivity index (χ4n) is 5.53. The molecule has 5 rings (SSSR count). The van der Waals surface area contributed by atoms with E-state index in [1.807, 2.05) is 18.2 Å². The smallest absolute Gasteiger partial charge is 0.245 e. The number of carbonyl (C=O) groups excluding carboxylic acids is 1. The van der Waals surface area contributed by atoms with Crippen molar-refractivity contribution < 1.29 is 31.2 Å². The average molecular weight is 648 g/mol. The zero-order valence-electron chi connectivity index (χ0n) is 24.1. The summed E-state index contributed by atoms with van der Waals surface area (Å²) in [6.45, 7) is 2.33. The van der Waals surface area contributed by atoms with Gasteiger partial charge in [-0.15, -0.1) is 11.3 Å². The van der Waals surface area contributed by atoms with Crippen LogP contribution in [-0.2, 0) is 45.4 Å². The summed E-state index contributed by atoms with van der Waals surface area (Å²) in [4.78, 5) is 24.1. The highest BCUT2D eigenvalue weighted by Gasteiger charge is 2.50. The molecule has 4 heterocycles. The molecule has 2 aromatic heterocycles. The van der Waals surface area contributed by atoms with Gasteiger partial charge < -0.3 is 4.74 Å². The maximum absolute atomic E-state index is 14.2. The minimum Gasteiger partial charge on any atom is -0.350 e. The third kappa shape index (κ3) is 7.02. The molecule has 1 aromatic carbocycles. The monoisotopic (exact) mass is 647 g/mol. The lowest BCUT2D eigenvalue weighted by Gasteiger charge is -2.31. The second-order valence-corrected chi connectivity index (χ2v) is 16.3. The van der Waals surface area contributed by atoms with Crippen molar-refractivity contribution >= 4 is 37.1 Å². The van der Waals surface area contributed by atoms with Crippen LogP contribution in [0.2, 0.25) is 0 Å². The summed E-state index contributed by atoms with van der Waals surface area (Å²) in [5, 5.41) is 0. The lowest BCUT2D eigenvalue weighted by Crippen LogP contribution is -2.43. The Kier molecular flexibility index (Phi) is 9.99. The summed E-state index contributed by atoms with van der Waals surface area (Å²) >= 11 is 1.31. The number of sulfone groups is 1. The van der Waals surface area contributed by atoms with Gasteiger partial charge in [-0.2, -0.15) is 4.31 Å². The number of nitrogens with zero attached hydrogens (tertiary/aromatic N) is 2. The van der Waals surface area contributed by atoms with E-state index in [9.17, 15) is 21.6 Å². The Morgan fingerprint density at radius 1 is 1.16 bits per heavy atom. The molecule has 0 bridgehead atoms. The first kappa shape index (κ1) is 31.7. The van der Waals surface area contributed by atoms with Crippen molar-refractivity contribution in [1.29, 1.82) is 0 Å². The van der Waals surface area contributed by atoms with Gasteiger partial charge in [0.25, 0.3) is 0 Å². The molecule has 0 saturated carbocycles. The predicted molar refractivity (Wildman–Crippen MR) is 164 cm³/mol. The summed E-state index contributed by atoms with van der Waals surface area (Å²) in [5.74, 6) is -1.05. The maximum atomic E-state index is 14.2. The Morgan fingerprint density at radius 3 is 2.67 bits per heavy atom. The van der Waals surface area contributed by atoms with E-state index in [4.69, 9.17) is 9.57 Å². The van der Waals surface area contributed by atoms with Gasteiger partial charge in [-0.25, -0.2) is 27.2 Å². The fourth-order valence-corrected chi connectivity index (χ4v) is 10.7. The largest absolute Gasteiger partial charge is 0.350 e. The Bertz CT molecular complexity index is 1600. The molecule has 2 aliphatic rings. The molecule has 232 valence electrons. The van der Waals surface area contributed by atoms with Gasteiger partial charge in [0.1, 0.15) is 9.64 Å². The van der Waals surface area contributed by atoms with Crippen LogP contribution in [0.5, 0.6) is 0 Å². The van der Waals surface area contributed by atoms with E-state index in [0.717, 1.165) is 36.1 Å². The first-order valence-corrected chi connectivity index (χ1v) is 18.4. The second kappa shape index (κ2) is 13.5. The van der Waals surface area contributed by atoms with Crippen LogP contribution >= 0.6 is 11.3 Å². The molecule has 1 N–H and O–H groups in total. The minimum absolute atomic E-state index is 0.0107. The lowest BCUT2D eigenvalue weighted by atomic mass is 9.97. The molecular weight excluding hydrogens is 611 g/mol. The van der Waals surface area contributed by atoms with Gasteiger partial charge in [0.15, 0.2) is 16.1 Å². The van der Waals surface area contributed by atoms with Crippen LogP contribution in [0.1, 0.15) is 55.9 Å². The van der Waals surface area contributed by atoms with Gasteiger partial charge >= 0.3 is 0 Å². The number of thiophene rings is 1. The van der Waals surface area contributed by atoms with Crippen LogP contribution < -0.4 is 5.48 Å². The second-order valence-electron chi connectivity index (χ2n) is 10.9. The molecule has 3 aromatic rings. The van der Waals surface area contributed by atoms with Gasteiger partial charge in [0, 0.05) is 48.3 Å². The van der Waals surface area contributed by atoms with Crippen molar-refractivity contribution in [2.45, 2.75) is 67.8 Å². The number of amides is 1. The van der Waals surface area contributed by atoms with Crippen molar-refractivity contribution in [3.8, 4) is 10.4 Å². The number of pyridine rings is 1. The van der Waals surface area contributed by atoms with Crippen molar-refractivity contribution in [1.82, 2.24) is 14.8 Å². The van der Waals surface area contributed by atoms with Gasteiger partial charge in [-0.1, -0.05) is 37.6 Å². The third-order valence-electron chi connectivity index (χ3n) is 7.96. The van der Waals surface area contributed by atoms with Gasteiger partial charge in [-0.05, 0) is 61.1 Å². The highest BCUT2D eigenvalue weighted by atomic mass is 32.2. The zero-order chi connectivity index (χ0) is 30.5. The molecule has 2 fully saturated rings. The van der Waals surface area contributed by atoms with E-state index < -0.39 is 49.0 Å². The first-order chi connectivity index (χ1) is 20.6. The average Bonchev–Trinajstić information content (AvgIpc) is 3.46. The maximum Gasteiger partial charge on any atom is 0.245 e. The molecule has 2 aliphatic heterocycles. The molecule has 1 amide bonds. The van der Waals surface area contributed by atoms with Gasteiger partial charge in [0.2, 0.25) is 15.9 Å². The van der Waals surface area contributed by atoms with Crippen molar-refractivity contribution in [2.24, 2.45) is 0 Å². The van der Waals surface area contributed by atoms with E-state index >= 15 is 0 Å². The van der Waals surface area contributed by atoms with Gasteiger partial charge in [-0.3, -0.25) is 9.78 Å². The molecule has 10 nitrogen and oxygen atoms in total. The third-order valence-corrected chi connectivity index (χ3v) is 13.8. The van der Waals surface area contributed by atoms with E-state index in [0.29, 0.717) is 17.9 Å². The summed E-state index contributed by atoms with van der Waals surface area (Å²) in [7, 11) is -8.03. The quantitative estimate of drug-likeness (QED) is 0.320. The van der Waals surface area contributed by atoms with Crippen LogP contribution in [0.4, 0.5) is 0 Å². The van der Waals surface area contributed by atoms with Crippen LogP contribution in [0.3, 0.4) is 0 Å². The van der Waals surface area contributed by atoms with Crippen molar-refractivity contribution in [3.05, 3.63) is 71.4 Å². The van der Waals surface area contributed by atoms with Crippen LogP contribution in [0.15, 0.2) is 65.8 Å². The molecule has 0 spiro atoms. The number of hydrogen-bond acceptors (Lipinski definition) is 9. The first-order valence-electron chi connectivity index (χ1n) is 14.5. The van der Waals surface area contributed by atoms with Gasteiger partial charge in [0.05, 0.1) is 12.2 Å². The molecule has 2 unspecified atom stereocenters. The number of aromatic nitrogens is 1. The number of sulfonamides is 1. The van der Waals surface area contributed by atoms with Crippen LogP contribution in [-0.4, -0.2) is 63.8 Å². The number of hydroxylamine groups is 1. The number of rotatable bonds is 10. The summed E-state index contributed by atoms with van der Waals surface area (Å²) < 4.78 is 60.3. The standard InChI is InChI=1S/C30H37N3O7S3/c1-2-6-23-9-11-24(12-10-23)26-13-14-27(41-26)30(21-28(34)32-40-29-8-3-4-19-39-29)15-17-33(18-20-42(30,35)36)43(37,38)25-7-5-16-31-22-25/h5,7,9-14,16,22,29H,2-4,6,8,15,17-21H2,1H3,(H,32,34). The molecular formula is C30H37N3O7S3. The Morgan fingerprint density at radius 2 is 1.98 bits per heavy atom. The number of nitrogens with one attached hydrogen (secondary N) is 1. The van der Waals surface area contributed by atoms with Crippen molar-refractivity contribution in [3.63, 3.8) is 0 Å². The highest BCUT2D eigenvalue weighted by Crippen LogP contribution is 2.45. The number of ether oxygens (including phenoxy) is 1. The number of benzene rings is 1. The minimum atomic E-state index is -4.03. The summed E-state index contributed by atoms with van der Waals surface area (Å²) in [5.41, 5.74) is 4.58. The topological polar surface area (TPSA) is 132 Å². The van der Waals surface area contributed by atoms with Crippen LogP contribution in [0, 0.1) is 0 Å². The molecule has 13 heteroatoms. The number of carbonyl (C=O) groups is 1. The molecule has 0 aliphatic carbocycles. The Labute approximate surface area is 257 Å². The fraction of sp³-hybridized carbons (Fsp3) is 0.467. The normalized spacial score (nSPS) is 23.0. The molecule has 0 radical (unpaired) electrons. The Balaban J connectivity index is 1.47. The van der Waals surface area contributed by atoms with E-state index in [1.54, 1.807) is 6.07 Å². The van der Waals surface area contributed by atoms with Crippen LogP contribution in [0.25, 0.3) is 10.4 Å². The van der Waals surface area contributed by atoms with Crippen molar-refractivity contribution in [2.75, 3.05) is 25.4 Å². The SMILES string of the molecule is CCCc1ccc(-c2ccc(C3(CC(=O)NOC4CCCCO4)CCN(S(=O)(=O)c4cccnc4)CCS3(=O)=O)s2)cc1. The highest BCUT2D eigenvalue weighted by molar-refractivity contribution is 7.92. The summed E-state index contributed by atoms with van der Waals surface area (Å²) in [6, 6.07) is 14.7. The summed E-state index contributed by atoms with van der Waals surface area (Å²) in [6.07, 6.45) is 6.05. The van der Waals surface area contributed by atoms with E-state index in [2.05, 4.69) is 29.5 Å². The molecule has 2 saturated heterocycles. The lowest BCUT2D eigenvalue weighted by molar-refractivity contribution is -0.200. The van der Waals surface area contributed by atoms with E-state index in [1.165, 1.54) is 45.7 Å². The van der Waals surface area contributed by atoms with E-state index in [-0.39, 0.29) is 24.4 Å². The number of aryl methyl sites for hydroxylation is 1. The predicted octanol–water partition coefficient (Wildman–Crippen LogP) is 4.43.